The van der Waals surface area contributed by atoms with Crippen molar-refractivity contribution in [2.24, 2.45) is 0 Å². The number of aromatic nitrogens is 5. The highest BCUT2D eigenvalue weighted by atomic mass is 15.3. The van der Waals surface area contributed by atoms with Crippen LogP contribution in [0.15, 0.2) is 67.1 Å². The maximum absolute atomic E-state index is 4.21. The van der Waals surface area contributed by atoms with E-state index in [1.807, 2.05) is 36.7 Å². The molecule has 5 heteroatoms. The van der Waals surface area contributed by atoms with Crippen LogP contribution in [0.5, 0.6) is 0 Å². The standard InChI is InChI=1S/C17H13N5/c1-2-6-14(13(5-1)12-9-18-19-10-12)15-7-3-4-8-16(15)17-11-20-22-21-17/h1-11H,(H,18,19)(H,20,21,22). The average molecular weight is 287 g/mol. The van der Waals surface area contributed by atoms with Gasteiger partial charge in [0.2, 0.25) is 0 Å². The molecule has 0 atom stereocenters. The predicted octanol–water partition coefficient (Wildman–Crippen LogP) is 3.53. The topological polar surface area (TPSA) is 70.2 Å². The van der Waals surface area contributed by atoms with Crippen LogP contribution in [0, 0.1) is 0 Å². The van der Waals surface area contributed by atoms with E-state index < -0.39 is 0 Å². The van der Waals surface area contributed by atoms with E-state index in [1.165, 1.54) is 0 Å². The molecule has 0 aliphatic rings. The molecule has 22 heavy (non-hydrogen) atoms. The zero-order valence-electron chi connectivity index (χ0n) is 11.7. The summed E-state index contributed by atoms with van der Waals surface area (Å²) >= 11 is 0. The van der Waals surface area contributed by atoms with E-state index in [-0.39, 0.29) is 0 Å². The van der Waals surface area contributed by atoms with Gasteiger partial charge in [-0.15, -0.1) is 0 Å². The van der Waals surface area contributed by atoms with Crippen LogP contribution in [0.3, 0.4) is 0 Å². The Balaban J connectivity index is 1.95. The number of aromatic amines is 2. The summed E-state index contributed by atoms with van der Waals surface area (Å²) in [6.45, 7) is 0. The van der Waals surface area contributed by atoms with Gasteiger partial charge in [0, 0.05) is 17.3 Å². The molecule has 0 aliphatic carbocycles. The fourth-order valence-electron chi connectivity index (χ4n) is 2.64. The van der Waals surface area contributed by atoms with Gasteiger partial charge in [-0.2, -0.15) is 20.5 Å². The van der Waals surface area contributed by atoms with E-state index in [1.54, 1.807) is 6.20 Å². The molecule has 0 saturated carbocycles. The Morgan fingerprint density at radius 2 is 1.36 bits per heavy atom. The van der Waals surface area contributed by atoms with Crippen LogP contribution in [-0.4, -0.2) is 25.6 Å². The van der Waals surface area contributed by atoms with Gasteiger partial charge in [-0.3, -0.25) is 5.10 Å². The van der Waals surface area contributed by atoms with Crippen molar-refractivity contribution in [3.63, 3.8) is 0 Å². The maximum Gasteiger partial charge on any atom is 0.113 e. The van der Waals surface area contributed by atoms with Crippen LogP contribution in [0.1, 0.15) is 0 Å². The summed E-state index contributed by atoms with van der Waals surface area (Å²) in [5.74, 6) is 0. The molecule has 0 saturated heterocycles. The van der Waals surface area contributed by atoms with E-state index >= 15 is 0 Å². The third-order valence-corrected chi connectivity index (χ3v) is 3.64. The molecule has 0 radical (unpaired) electrons. The molecule has 2 aromatic carbocycles. The van der Waals surface area contributed by atoms with Gasteiger partial charge in [0.05, 0.1) is 12.4 Å². The molecule has 4 aromatic rings. The Labute approximate surface area is 127 Å². The predicted molar refractivity (Wildman–Crippen MR) is 84.8 cm³/mol. The minimum Gasteiger partial charge on any atom is -0.285 e. The van der Waals surface area contributed by atoms with Gasteiger partial charge in [0.25, 0.3) is 0 Å². The maximum atomic E-state index is 4.21. The summed E-state index contributed by atoms with van der Waals surface area (Å²) in [4.78, 5) is 0. The summed E-state index contributed by atoms with van der Waals surface area (Å²) in [6, 6.07) is 16.5. The van der Waals surface area contributed by atoms with Crippen LogP contribution in [-0.2, 0) is 0 Å². The van der Waals surface area contributed by atoms with Crippen molar-refractivity contribution in [2.45, 2.75) is 0 Å². The highest BCUT2D eigenvalue weighted by Gasteiger charge is 2.13. The lowest BCUT2D eigenvalue weighted by atomic mass is 9.92. The Morgan fingerprint density at radius 3 is 2.00 bits per heavy atom. The molecule has 5 nitrogen and oxygen atoms in total. The Morgan fingerprint density at radius 1 is 0.682 bits per heavy atom. The minimum absolute atomic E-state index is 0.831. The highest BCUT2D eigenvalue weighted by Crippen LogP contribution is 2.36. The van der Waals surface area contributed by atoms with Gasteiger partial charge >= 0.3 is 0 Å². The van der Waals surface area contributed by atoms with E-state index in [0.717, 1.165) is 33.5 Å². The smallest absolute Gasteiger partial charge is 0.113 e. The van der Waals surface area contributed by atoms with Crippen molar-refractivity contribution in [1.29, 1.82) is 0 Å². The van der Waals surface area contributed by atoms with E-state index in [0.29, 0.717) is 0 Å². The fourth-order valence-corrected chi connectivity index (χ4v) is 2.64. The second-order valence-electron chi connectivity index (χ2n) is 4.93. The Bertz CT molecular complexity index is 803. The monoisotopic (exact) mass is 287 g/mol. The first-order valence-corrected chi connectivity index (χ1v) is 6.97. The normalized spacial score (nSPS) is 10.7. The van der Waals surface area contributed by atoms with E-state index in [4.69, 9.17) is 0 Å². The van der Waals surface area contributed by atoms with Crippen molar-refractivity contribution in [2.75, 3.05) is 0 Å². The first-order valence-electron chi connectivity index (χ1n) is 6.97. The van der Waals surface area contributed by atoms with E-state index in [9.17, 15) is 0 Å². The van der Waals surface area contributed by atoms with Gasteiger partial charge in [-0.1, -0.05) is 48.5 Å². The summed E-state index contributed by atoms with van der Waals surface area (Å²) in [7, 11) is 0. The van der Waals surface area contributed by atoms with Gasteiger partial charge in [0.15, 0.2) is 0 Å². The van der Waals surface area contributed by atoms with Crippen LogP contribution in [0.4, 0.5) is 0 Å². The van der Waals surface area contributed by atoms with Crippen molar-refractivity contribution in [1.82, 2.24) is 25.6 Å². The SMILES string of the molecule is c1ccc(-c2ccccc2-c2cn[nH]n2)c(-c2cn[nH]c2)c1. The van der Waals surface area contributed by atoms with Crippen LogP contribution >= 0.6 is 0 Å². The minimum atomic E-state index is 0.831. The second kappa shape index (κ2) is 5.29. The van der Waals surface area contributed by atoms with Crippen molar-refractivity contribution < 1.29 is 0 Å². The van der Waals surface area contributed by atoms with Crippen LogP contribution in [0.2, 0.25) is 0 Å². The zero-order chi connectivity index (χ0) is 14.8. The number of benzene rings is 2. The molecular weight excluding hydrogens is 274 g/mol. The lowest BCUT2D eigenvalue weighted by Crippen LogP contribution is -1.88. The number of nitrogens with one attached hydrogen (secondary N) is 2. The molecule has 0 unspecified atom stereocenters. The molecule has 0 fully saturated rings. The third kappa shape index (κ3) is 2.09. The average Bonchev–Trinajstić information content (AvgIpc) is 3.28. The van der Waals surface area contributed by atoms with Crippen LogP contribution < -0.4 is 0 Å². The first kappa shape index (κ1) is 12.5. The lowest BCUT2D eigenvalue weighted by molar-refractivity contribution is 0.942. The molecule has 2 N–H and O–H groups in total. The first-order chi connectivity index (χ1) is 10.9. The zero-order valence-corrected chi connectivity index (χ0v) is 11.7. The largest absolute Gasteiger partial charge is 0.285 e. The molecule has 106 valence electrons. The number of hydrogen-bond donors (Lipinski definition) is 2. The number of nitrogens with zero attached hydrogens (tertiary/aromatic N) is 3. The van der Waals surface area contributed by atoms with Gasteiger partial charge in [-0.05, 0) is 16.7 Å². The Kier molecular flexibility index (Phi) is 3.01. The highest BCUT2D eigenvalue weighted by molar-refractivity contribution is 5.90. The molecule has 4 rings (SSSR count). The number of rotatable bonds is 3. The molecular formula is C17H13N5. The third-order valence-electron chi connectivity index (χ3n) is 3.64. The van der Waals surface area contributed by atoms with Gasteiger partial charge < -0.3 is 0 Å². The summed E-state index contributed by atoms with van der Waals surface area (Å²) in [5, 5.41) is 17.7. The second-order valence-corrected chi connectivity index (χ2v) is 4.93. The van der Waals surface area contributed by atoms with Crippen molar-refractivity contribution in [3.05, 3.63) is 67.1 Å². The number of H-pyrrole nitrogens is 2. The quantitative estimate of drug-likeness (QED) is 0.605. The van der Waals surface area contributed by atoms with Crippen molar-refractivity contribution >= 4 is 0 Å². The van der Waals surface area contributed by atoms with Crippen LogP contribution in [0.25, 0.3) is 33.5 Å². The van der Waals surface area contributed by atoms with Gasteiger partial charge in [-0.25, -0.2) is 0 Å². The molecule has 2 heterocycles. The molecule has 0 amide bonds. The summed E-state index contributed by atoms with van der Waals surface area (Å²) < 4.78 is 0. The molecule has 2 aromatic heterocycles. The fraction of sp³-hybridized carbons (Fsp3) is 0. The summed E-state index contributed by atoms with van der Waals surface area (Å²) in [6.07, 6.45) is 5.47. The molecule has 0 spiro atoms. The lowest BCUT2D eigenvalue weighted by Gasteiger charge is -2.11. The molecule has 0 aliphatic heterocycles. The summed E-state index contributed by atoms with van der Waals surface area (Å²) in [5.41, 5.74) is 6.33. The van der Waals surface area contributed by atoms with Gasteiger partial charge in [0.1, 0.15) is 5.69 Å². The number of hydrogen-bond acceptors (Lipinski definition) is 3. The van der Waals surface area contributed by atoms with Crippen molar-refractivity contribution in [3.8, 4) is 33.5 Å². The Hall–Kier alpha value is -3.21. The van der Waals surface area contributed by atoms with E-state index in [2.05, 4.69) is 49.9 Å². The molecule has 0 bridgehead atoms.